The van der Waals surface area contributed by atoms with Crippen LogP contribution in [0.3, 0.4) is 0 Å². The molecular formula is C18H25N5O. The molecule has 2 aromatic heterocycles. The van der Waals surface area contributed by atoms with E-state index in [1.807, 2.05) is 19.1 Å². The molecule has 3 rings (SSSR count). The van der Waals surface area contributed by atoms with Crippen LogP contribution in [-0.4, -0.2) is 32.3 Å². The van der Waals surface area contributed by atoms with Crippen molar-refractivity contribution in [1.82, 2.24) is 19.7 Å². The van der Waals surface area contributed by atoms with Crippen molar-refractivity contribution >= 4 is 5.95 Å². The Morgan fingerprint density at radius 3 is 2.75 bits per heavy atom. The van der Waals surface area contributed by atoms with Crippen LogP contribution in [0.5, 0.6) is 0 Å². The molecule has 1 unspecified atom stereocenters. The van der Waals surface area contributed by atoms with E-state index in [9.17, 15) is 4.79 Å². The second-order valence-corrected chi connectivity index (χ2v) is 7.48. The van der Waals surface area contributed by atoms with Gasteiger partial charge in [0.25, 0.3) is 5.56 Å². The van der Waals surface area contributed by atoms with Gasteiger partial charge in [-0.1, -0.05) is 20.8 Å². The number of aromatic nitrogens is 4. The fraction of sp³-hybridized carbons (Fsp3) is 0.556. The maximum atomic E-state index is 12.2. The normalized spacial score (nSPS) is 18.2. The van der Waals surface area contributed by atoms with Crippen molar-refractivity contribution in [2.24, 2.45) is 0 Å². The van der Waals surface area contributed by atoms with E-state index in [4.69, 9.17) is 0 Å². The van der Waals surface area contributed by atoms with Crippen LogP contribution in [0.2, 0.25) is 0 Å². The lowest BCUT2D eigenvalue weighted by Gasteiger charge is -2.25. The second kappa shape index (κ2) is 6.34. The zero-order chi connectivity index (χ0) is 17.3. The highest BCUT2D eigenvalue weighted by molar-refractivity contribution is 5.33. The van der Waals surface area contributed by atoms with E-state index >= 15 is 0 Å². The second-order valence-electron chi connectivity index (χ2n) is 7.48. The molecule has 1 atom stereocenters. The van der Waals surface area contributed by atoms with E-state index in [1.165, 1.54) is 0 Å². The minimum absolute atomic E-state index is 0.0555. The number of anilines is 1. The molecule has 0 radical (unpaired) electrons. The van der Waals surface area contributed by atoms with Gasteiger partial charge in [0.15, 0.2) is 0 Å². The van der Waals surface area contributed by atoms with Gasteiger partial charge in [-0.05, 0) is 31.9 Å². The fourth-order valence-electron chi connectivity index (χ4n) is 3.04. The molecule has 1 saturated heterocycles. The standard InChI is InChI=1S/C18H25N5O/c1-13-9-10-19-17(20-13)22-11-5-6-14(22)12-23-16(24)8-7-15(21-23)18(2,3)4/h7-10,14H,5-6,11-12H2,1-4H3. The maximum Gasteiger partial charge on any atom is 0.266 e. The Hall–Kier alpha value is -2.24. The molecule has 0 aliphatic carbocycles. The number of hydrogen-bond donors (Lipinski definition) is 0. The molecule has 128 valence electrons. The molecular weight excluding hydrogens is 302 g/mol. The van der Waals surface area contributed by atoms with Gasteiger partial charge in [-0.15, -0.1) is 0 Å². The van der Waals surface area contributed by atoms with Crippen LogP contribution in [-0.2, 0) is 12.0 Å². The van der Waals surface area contributed by atoms with E-state index in [1.54, 1.807) is 16.9 Å². The van der Waals surface area contributed by atoms with Crippen LogP contribution < -0.4 is 10.5 Å². The first-order valence-electron chi connectivity index (χ1n) is 8.49. The molecule has 2 aromatic rings. The summed E-state index contributed by atoms with van der Waals surface area (Å²) in [6, 6.07) is 5.55. The van der Waals surface area contributed by atoms with E-state index in [2.05, 4.69) is 40.7 Å². The third kappa shape index (κ3) is 3.47. The van der Waals surface area contributed by atoms with Crippen molar-refractivity contribution < 1.29 is 0 Å². The van der Waals surface area contributed by atoms with Crippen molar-refractivity contribution in [1.29, 1.82) is 0 Å². The lowest BCUT2D eigenvalue weighted by Crippen LogP contribution is -2.38. The Morgan fingerprint density at radius 2 is 2.04 bits per heavy atom. The smallest absolute Gasteiger partial charge is 0.266 e. The summed E-state index contributed by atoms with van der Waals surface area (Å²) in [5.74, 6) is 0.748. The van der Waals surface area contributed by atoms with E-state index in [0.717, 1.165) is 36.7 Å². The summed E-state index contributed by atoms with van der Waals surface area (Å²) in [4.78, 5) is 23.4. The lowest BCUT2D eigenvalue weighted by molar-refractivity contribution is 0.455. The van der Waals surface area contributed by atoms with E-state index in [-0.39, 0.29) is 17.0 Å². The molecule has 0 bridgehead atoms. The molecule has 24 heavy (non-hydrogen) atoms. The predicted octanol–water partition coefficient (Wildman–Crippen LogP) is 2.31. The molecule has 0 N–H and O–H groups in total. The summed E-state index contributed by atoms with van der Waals surface area (Å²) >= 11 is 0. The van der Waals surface area contributed by atoms with Gasteiger partial charge in [-0.3, -0.25) is 4.79 Å². The van der Waals surface area contributed by atoms with Crippen molar-refractivity contribution in [3.8, 4) is 0 Å². The van der Waals surface area contributed by atoms with E-state index < -0.39 is 0 Å². The number of aryl methyl sites for hydroxylation is 1. The molecule has 3 heterocycles. The third-order valence-electron chi connectivity index (χ3n) is 4.43. The van der Waals surface area contributed by atoms with Crippen molar-refractivity contribution in [3.63, 3.8) is 0 Å². The van der Waals surface area contributed by atoms with Crippen molar-refractivity contribution in [2.75, 3.05) is 11.4 Å². The van der Waals surface area contributed by atoms with Gasteiger partial charge in [-0.2, -0.15) is 5.10 Å². The first-order chi connectivity index (χ1) is 11.3. The van der Waals surface area contributed by atoms with Crippen LogP contribution >= 0.6 is 0 Å². The predicted molar refractivity (Wildman–Crippen MR) is 94.3 cm³/mol. The van der Waals surface area contributed by atoms with Crippen LogP contribution in [0.25, 0.3) is 0 Å². The van der Waals surface area contributed by atoms with Gasteiger partial charge in [0.2, 0.25) is 5.95 Å². The summed E-state index contributed by atoms with van der Waals surface area (Å²) in [5, 5.41) is 4.59. The molecule has 1 aliphatic rings. The van der Waals surface area contributed by atoms with Gasteiger partial charge in [0.05, 0.1) is 18.3 Å². The molecule has 0 amide bonds. The molecule has 6 nitrogen and oxygen atoms in total. The van der Waals surface area contributed by atoms with Crippen LogP contribution in [0.15, 0.2) is 29.2 Å². The minimum atomic E-state index is -0.0789. The monoisotopic (exact) mass is 327 g/mol. The number of rotatable bonds is 3. The van der Waals surface area contributed by atoms with Crippen molar-refractivity contribution in [2.45, 2.75) is 58.5 Å². The molecule has 0 aromatic carbocycles. The highest BCUT2D eigenvalue weighted by atomic mass is 16.1. The molecule has 1 aliphatic heterocycles. The lowest BCUT2D eigenvalue weighted by atomic mass is 9.92. The number of nitrogens with zero attached hydrogens (tertiary/aromatic N) is 5. The molecule has 6 heteroatoms. The summed E-state index contributed by atoms with van der Waals surface area (Å²) in [6.45, 7) is 9.77. The third-order valence-corrected chi connectivity index (χ3v) is 4.43. The number of hydrogen-bond acceptors (Lipinski definition) is 5. The average molecular weight is 327 g/mol. The fourth-order valence-corrected chi connectivity index (χ4v) is 3.04. The Balaban J connectivity index is 1.86. The maximum absolute atomic E-state index is 12.2. The van der Waals surface area contributed by atoms with Gasteiger partial charge in [0, 0.05) is 29.9 Å². The summed E-state index contributed by atoms with van der Waals surface area (Å²) < 4.78 is 1.60. The summed E-state index contributed by atoms with van der Waals surface area (Å²) in [7, 11) is 0. The highest BCUT2D eigenvalue weighted by Crippen LogP contribution is 2.23. The van der Waals surface area contributed by atoms with Crippen LogP contribution in [0.4, 0.5) is 5.95 Å². The molecule has 0 spiro atoms. The van der Waals surface area contributed by atoms with E-state index in [0.29, 0.717) is 6.54 Å². The Bertz CT molecular complexity index is 777. The molecule has 1 fully saturated rings. The zero-order valence-corrected chi connectivity index (χ0v) is 14.9. The van der Waals surface area contributed by atoms with Gasteiger partial charge >= 0.3 is 0 Å². The van der Waals surface area contributed by atoms with Gasteiger partial charge in [0.1, 0.15) is 0 Å². The first kappa shape index (κ1) is 16.6. The first-order valence-corrected chi connectivity index (χ1v) is 8.49. The SMILES string of the molecule is Cc1ccnc(N2CCCC2Cn2nc(C(C)(C)C)ccc2=O)n1. The minimum Gasteiger partial charge on any atom is -0.336 e. The van der Waals surface area contributed by atoms with Gasteiger partial charge in [-0.25, -0.2) is 14.6 Å². The largest absolute Gasteiger partial charge is 0.336 e. The van der Waals surface area contributed by atoms with Crippen LogP contribution in [0, 0.1) is 6.92 Å². The summed E-state index contributed by atoms with van der Waals surface area (Å²) in [5.41, 5.74) is 1.75. The molecule has 0 saturated carbocycles. The Kier molecular flexibility index (Phi) is 4.39. The average Bonchev–Trinajstić information content (AvgIpc) is 2.96. The van der Waals surface area contributed by atoms with Crippen molar-refractivity contribution in [3.05, 3.63) is 46.1 Å². The quantitative estimate of drug-likeness (QED) is 0.865. The highest BCUT2D eigenvalue weighted by Gasteiger charge is 2.28. The zero-order valence-electron chi connectivity index (χ0n) is 14.9. The Labute approximate surface area is 142 Å². The topological polar surface area (TPSA) is 63.9 Å². The summed E-state index contributed by atoms with van der Waals surface area (Å²) in [6.07, 6.45) is 3.89. The van der Waals surface area contributed by atoms with Gasteiger partial charge < -0.3 is 4.90 Å². The Morgan fingerprint density at radius 1 is 1.25 bits per heavy atom. The van der Waals surface area contributed by atoms with Crippen LogP contribution in [0.1, 0.15) is 45.0 Å².